The fourth-order valence-electron chi connectivity index (χ4n) is 21.3. The third-order valence-electron chi connectivity index (χ3n) is 29.1. The van der Waals surface area contributed by atoms with Gasteiger partial charge in [0.2, 0.25) is 41.4 Å². The number of urea groups is 2. The summed E-state index contributed by atoms with van der Waals surface area (Å²) in [6.07, 6.45) is 29.4. The van der Waals surface area contributed by atoms with Crippen molar-refractivity contribution in [3.05, 3.63) is 58.7 Å². The number of piperazine rings is 5. The van der Waals surface area contributed by atoms with E-state index in [2.05, 4.69) is 110 Å². The van der Waals surface area contributed by atoms with Crippen LogP contribution in [0.5, 0.6) is 0 Å². The first-order valence-corrected chi connectivity index (χ1v) is 44.0. The number of ether oxygens (including phenoxy) is 2. The van der Waals surface area contributed by atoms with Gasteiger partial charge in [-0.3, -0.25) is 33.6 Å². The lowest BCUT2D eigenvalue weighted by Gasteiger charge is -2.45. The van der Waals surface area contributed by atoms with Gasteiger partial charge in [-0.1, -0.05) is 151 Å². The molecule has 2 N–H and O–H groups in total. The van der Waals surface area contributed by atoms with Gasteiger partial charge in [-0.15, -0.1) is 0 Å². The number of carbonyl (C=O) groups excluding carboxylic acids is 10. The molecule has 11 aliphatic rings. The van der Waals surface area contributed by atoms with Crippen molar-refractivity contribution in [2.45, 2.75) is 260 Å². The Bertz CT molecular complexity index is 3590. The van der Waals surface area contributed by atoms with Crippen molar-refractivity contribution >= 4 is 59.5 Å². The molecule has 24 nitrogen and oxygen atoms in total. The molecule has 0 aromatic heterocycles. The molecule has 5 saturated heterocycles. The van der Waals surface area contributed by atoms with E-state index in [1.807, 2.05) is 78.3 Å². The molecule has 4 saturated carbocycles. The van der Waals surface area contributed by atoms with Crippen LogP contribution in [0, 0.1) is 61.6 Å². The first-order valence-electron chi connectivity index (χ1n) is 44.0. The van der Waals surface area contributed by atoms with Crippen LogP contribution in [-0.2, 0) is 43.0 Å². The van der Waals surface area contributed by atoms with Gasteiger partial charge in [0.05, 0.1) is 12.7 Å². The second kappa shape index (κ2) is 40.7. The zero-order valence-corrected chi connectivity index (χ0v) is 76.1. The van der Waals surface area contributed by atoms with E-state index in [4.69, 9.17) is 15.2 Å². The number of rotatable bonds is 11. The van der Waals surface area contributed by atoms with Crippen molar-refractivity contribution in [2.75, 3.05) is 145 Å². The van der Waals surface area contributed by atoms with Gasteiger partial charge in [-0.05, 0) is 165 Å². The molecule has 0 radical (unpaired) electrons. The predicted octanol–water partition coefficient (Wildman–Crippen LogP) is 13.7. The van der Waals surface area contributed by atoms with Crippen molar-refractivity contribution in [2.24, 2.45) is 67.3 Å². The van der Waals surface area contributed by atoms with E-state index in [-0.39, 0.29) is 98.7 Å². The van der Waals surface area contributed by atoms with Crippen LogP contribution < -0.4 is 5.73 Å². The molecule has 9 atom stereocenters. The highest BCUT2D eigenvalue weighted by Crippen LogP contribution is 2.78. The van der Waals surface area contributed by atoms with Crippen LogP contribution in [0.2, 0.25) is 0 Å². The molecule has 0 aromatic carbocycles. The van der Waals surface area contributed by atoms with Gasteiger partial charge in [0, 0.05) is 196 Å². The Morgan fingerprint density at radius 3 is 1.35 bits per heavy atom. The molecule has 654 valence electrons. The first kappa shape index (κ1) is 95.9. The monoisotopic (exact) mass is 1620 g/mol. The minimum Gasteiger partial charge on any atom is -0.449 e. The second-order valence-corrected chi connectivity index (χ2v) is 39.7. The number of amides is 12. The molecule has 0 aromatic rings. The molecule has 0 spiro atoms. The summed E-state index contributed by atoms with van der Waals surface area (Å²) in [5, 5.41) is 0. The van der Waals surface area contributed by atoms with Crippen LogP contribution in [-0.4, -0.2) is 277 Å². The van der Waals surface area contributed by atoms with E-state index in [0.717, 1.165) is 25.8 Å². The molecule has 24 heteroatoms. The number of methoxy groups -OCH3 is 1. The Morgan fingerprint density at radius 1 is 0.483 bits per heavy atom. The minimum atomic E-state index is -0.425. The van der Waals surface area contributed by atoms with Crippen LogP contribution >= 0.6 is 0 Å². The molecular weight excluding hydrogens is 1470 g/mol. The average molecular weight is 1620 g/mol. The van der Waals surface area contributed by atoms with Crippen molar-refractivity contribution in [1.82, 2.24) is 53.9 Å². The van der Waals surface area contributed by atoms with Crippen molar-refractivity contribution in [1.29, 1.82) is 0 Å². The zero-order chi connectivity index (χ0) is 86.4. The van der Waals surface area contributed by atoms with Gasteiger partial charge in [-0.2, -0.15) is 0 Å². The maximum atomic E-state index is 12.8. The number of nitrogens with zero attached hydrogens (tertiary/aromatic N) is 11. The second-order valence-electron chi connectivity index (χ2n) is 39.7. The van der Waals surface area contributed by atoms with Gasteiger partial charge in [0.1, 0.15) is 0 Å². The number of nitrogens with two attached hydrogens (primary N) is 1. The summed E-state index contributed by atoms with van der Waals surface area (Å²) >= 11 is 0. The quantitative estimate of drug-likeness (QED) is 0.190. The molecule has 6 aliphatic carbocycles. The Hall–Kier alpha value is -7.24. The van der Waals surface area contributed by atoms with Crippen molar-refractivity contribution in [3.8, 4) is 0 Å². The fourth-order valence-corrected chi connectivity index (χ4v) is 21.3. The number of hydrogen-bond acceptors (Lipinski definition) is 12. The summed E-state index contributed by atoms with van der Waals surface area (Å²) in [6, 6.07) is -0.221. The lowest BCUT2D eigenvalue weighted by molar-refractivity contribution is -0.141. The molecule has 3 unspecified atom stereocenters. The van der Waals surface area contributed by atoms with Crippen LogP contribution in [0.3, 0.4) is 0 Å². The Morgan fingerprint density at radius 2 is 0.914 bits per heavy atom. The number of primary amides is 1. The minimum absolute atomic E-state index is 0.00706. The van der Waals surface area contributed by atoms with Crippen LogP contribution in [0.15, 0.2) is 58.7 Å². The summed E-state index contributed by atoms with van der Waals surface area (Å²) in [6.45, 7) is 56.7. The first-order chi connectivity index (χ1) is 54.1. The molecule has 0 bridgehead atoms. The molecular formula is C92H154N12O12. The van der Waals surface area contributed by atoms with E-state index in [1.54, 1.807) is 61.7 Å². The SMILES string of the molecule is CC(=O)N1CCN(C(=O)/C=C/C23CC2(C)CCCC3(C)C)CC1.CC(=O)N1CCN(C(=O)N(C)C[C@@H]2[C@@H](C)CCCC2(C)C)CC1.CC(=O)N1C[C@@H](C)N(C(=O)/C=C/C2=C(C)CCCC2(C)C)[C@@H](C)C1.COC1CC(C)=C(/C=C/C(=O)N2CCN(C(C)=O)CC2)C(C)(C)C1.C[C@H]1CCCC(C)(C)[C@@H]1COC(=O)N1CCN(C(N)=O)CC1. The van der Waals surface area contributed by atoms with E-state index in [0.29, 0.717) is 159 Å². The van der Waals surface area contributed by atoms with Gasteiger partial charge in [-0.25, -0.2) is 14.4 Å². The van der Waals surface area contributed by atoms with Crippen molar-refractivity contribution < 1.29 is 57.4 Å². The molecule has 116 heavy (non-hydrogen) atoms. The molecule has 9 fully saturated rings. The van der Waals surface area contributed by atoms with Crippen LogP contribution in [0.1, 0.15) is 242 Å². The number of hydrogen-bond donors (Lipinski definition) is 1. The fraction of sp³-hybridized carbons (Fsp3) is 0.783. The lowest BCUT2D eigenvalue weighted by Crippen LogP contribution is -2.59. The van der Waals surface area contributed by atoms with E-state index < -0.39 is 6.03 Å². The van der Waals surface area contributed by atoms with Gasteiger partial charge >= 0.3 is 18.2 Å². The summed E-state index contributed by atoms with van der Waals surface area (Å²) < 4.78 is 11.1. The Kier molecular flexibility index (Phi) is 33.6. The summed E-state index contributed by atoms with van der Waals surface area (Å²) in [5.41, 5.74) is 12.0. The largest absolute Gasteiger partial charge is 0.449 e. The number of carbonyl (C=O) groups is 10. The maximum Gasteiger partial charge on any atom is 0.409 e. The summed E-state index contributed by atoms with van der Waals surface area (Å²) in [7, 11) is 3.69. The van der Waals surface area contributed by atoms with E-state index in [1.165, 1.54) is 99.3 Å². The highest BCUT2D eigenvalue weighted by Gasteiger charge is 2.70. The van der Waals surface area contributed by atoms with Gasteiger partial charge < -0.3 is 69.1 Å². The normalized spacial score (nSPS) is 28.8. The Balaban J connectivity index is 0.000000201. The smallest absolute Gasteiger partial charge is 0.409 e. The molecule has 5 aliphatic heterocycles. The molecule has 5 heterocycles. The van der Waals surface area contributed by atoms with Gasteiger partial charge in [0.15, 0.2) is 0 Å². The zero-order valence-electron chi connectivity index (χ0n) is 76.1. The van der Waals surface area contributed by atoms with Crippen molar-refractivity contribution in [3.63, 3.8) is 0 Å². The molecule has 11 rings (SSSR count). The third kappa shape index (κ3) is 24.7. The summed E-state index contributed by atoms with van der Waals surface area (Å²) in [4.78, 5) is 139. The van der Waals surface area contributed by atoms with E-state index in [9.17, 15) is 47.9 Å². The third-order valence-corrected chi connectivity index (χ3v) is 29.1. The molecule has 12 amide bonds. The van der Waals surface area contributed by atoms with Gasteiger partial charge in [0.25, 0.3) is 0 Å². The topological polar surface area (TPSA) is 251 Å². The standard InChI is InChI=1S/C20H32N2O2.C19H30N2O3.C19H30N2O2.C18H33N3O2.C16H29N3O3/c1-14-8-7-11-20(5,6)18(14)9-10-19(24)22-15(2)12-21(17(4)23)13-16(22)3;1-14-12-16(24-5)13-19(3,4)17(14)6-7-18(23)21-10-8-20(9-11-21)15(2)22;1-15(22)20-10-12-21(13-11-20)16(23)6-9-19-14-18(19,4)8-5-7-17(19,2)3;1-14-7-6-8-18(3,4)16(14)13-19(5)17(23)21-11-9-20(10-12-21)15(2)22;1-12-5-4-6-16(2,3)13(12)11-22-15(21)19-9-7-18(8-10-19)14(17)20/h9-10,15-16H,7-8,11-13H2,1-6H3;6-7,16H,8-13H2,1-5H3;6,9H,5,7-8,10-14H2,1-4H3;14,16H,6-13H2,1-5H3;12-13H,4-11H2,1-3H3,(H2,17,20)/b10-9+;7-6+;9-6+;;/t15-,16+;;;14-,16+;12-,13+/m...00/s1. The Labute approximate surface area is 698 Å². The van der Waals surface area contributed by atoms with Crippen LogP contribution in [0.4, 0.5) is 14.4 Å². The summed E-state index contributed by atoms with van der Waals surface area (Å²) in [5.74, 6) is 2.79. The maximum absolute atomic E-state index is 12.8. The lowest BCUT2D eigenvalue weighted by atomic mass is 9.63. The van der Waals surface area contributed by atoms with E-state index >= 15 is 0 Å². The number of fused-ring (bicyclic) bond motifs is 1. The highest BCUT2D eigenvalue weighted by molar-refractivity contribution is 5.90. The van der Waals surface area contributed by atoms with Crippen LogP contribution in [0.25, 0.3) is 0 Å². The number of allylic oxidation sites excluding steroid dienone is 6. The predicted molar refractivity (Wildman–Crippen MR) is 459 cm³/mol. The average Bonchev–Trinajstić information content (AvgIpc) is 1.51. The highest BCUT2D eigenvalue weighted by atomic mass is 16.6.